The predicted octanol–water partition coefficient (Wildman–Crippen LogP) is 4.46. The number of nitrogens with zero attached hydrogens (tertiary/aromatic N) is 2. The summed E-state index contributed by atoms with van der Waals surface area (Å²) in [5.74, 6) is 1.51. The number of hydrogen-bond donors (Lipinski definition) is 1. The number of hydrogen-bond acceptors (Lipinski definition) is 4. The van der Waals surface area contributed by atoms with E-state index in [2.05, 4.69) is 46.8 Å². The molecule has 1 saturated heterocycles. The molecule has 1 aromatic heterocycles. The summed E-state index contributed by atoms with van der Waals surface area (Å²) in [6.45, 7) is 8.37. The Kier molecular flexibility index (Phi) is 7.74. The lowest BCUT2D eigenvalue weighted by atomic mass is 10.0. The van der Waals surface area contributed by atoms with Crippen molar-refractivity contribution in [3.63, 3.8) is 0 Å². The van der Waals surface area contributed by atoms with Crippen LogP contribution in [-0.2, 0) is 11.3 Å². The second kappa shape index (κ2) is 10.7. The first-order chi connectivity index (χ1) is 15.6. The molecule has 2 aliphatic rings. The van der Waals surface area contributed by atoms with Crippen molar-refractivity contribution in [3.8, 4) is 5.75 Å². The predicted molar refractivity (Wildman–Crippen MR) is 128 cm³/mol. The summed E-state index contributed by atoms with van der Waals surface area (Å²) in [5, 5.41) is 4.53. The highest BCUT2D eigenvalue weighted by atomic mass is 16.5. The number of carbonyl (C=O) groups excluding carboxylic acids is 1. The second-order valence-electron chi connectivity index (χ2n) is 9.61. The quantitative estimate of drug-likeness (QED) is 0.523. The zero-order valence-corrected chi connectivity index (χ0v) is 19.9. The molecule has 0 bridgehead atoms. The lowest BCUT2D eigenvalue weighted by Gasteiger charge is -2.38. The Morgan fingerprint density at radius 3 is 2.72 bits per heavy atom. The Hall–Kier alpha value is -2.05. The van der Waals surface area contributed by atoms with Gasteiger partial charge in [-0.15, -0.1) is 0 Å². The summed E-state index contributed by atoms with van der Waals surface area (Å²) < 4.78 is 13.9. The Morgan fingerprint density at radius 1 is 1.22 bits per heavy atom. The number of benzene rings is 1. The molecule has 0 radical (unpaired) electrons. The van der Waals surface area contributed by atoms with Crippen molar-refractivity contribution in [2.45, 2.75) is 71.0 Å². The summed E-state index contributed by atoms with van der Waals surface area (Å²) in [4.78, 5) is 16.3. The largest absolute Gasteiger partial charge is 0.490 e. The third-order valence-corrected chi connectivity index (χ3v) is 6.72. The molecule has 0 spiro atoms. The Morgan fingerprint density at radius 2 is 2.03 bits per heavy atom. The number of fused-ring (bicyclic) bond motifs is 1. The van der Waals surface area contributed by atoms with Crippen LogP contribution in [0, 0.1) is 5.92 Å². The highest BCUT2D eigenvalue weighted by molar-refractivity contribution is 6.04. The van der Waals surface area contributed by atoms with Crippen LogP contribution in [0.25, 0.3) is 10.9 Å². The molecule has 32 heavy (non-hydrogen) atoms. The zero-order chi connectivity index (χ0) is 22.5. The van der Waals surface area contributed by atoms with Crippen LogP contribution in [0.15, 0.2) is 24.3 Å². The average Bonchev–Trinajstić information content (AvgIpc) is 3.57. The van der Waals surface area contributed by atoms with Crippen LogP contribution in [0.1, 0.15) is 62.9 Å². The molecule has 1 amide bonds. The number of piperidine rings is 1. The molecule has 176 valence electrons. The van der Waals surface area contributed by atoms with Crippen molar-refractivity contribution in [1.29, 1.82) is 0 Å². The van der Waals surface area contributed by atoms with Gasteiger partial charge in [0.15, 0.2) is 11.4 Å². The zero-order valence-electron chi connectivity index (χ0n) is 19.9. The molecule has 2 aromatic rings. The van der Waals surface area contributed by atoms with E-state index >= 15 is 0 Å². The Labute approximate surface area is 192 Å². The van der Waals surface area contributed by atoms with Gasteiger partial charge in [0.2, 0.25) is 0 Å². The van der Waals surface area contributed by atoms with Crippen molar-refractivity contribution in [3.05, 3.63) is 30.0 Å². The van der Waals surface area contributed by atoms with Crippen LogP contribution in [0.2, 0.25) is 0 Å². The standard InChI is InChI=1S/C26H39N3O3/c1-19(2)29(21-9-8-14-27-17-21)26(30)24-25(32-18-20-12-13-20)22-10-4-5-11-23(22)28(24)15-6-7-16-31-3/h4-5,10-11,19-21,27H,6-9,12-18H2,1-3H3/t21-/m1/s1. The Bertz CT molecular complexity index is 897. The maximum absolute atomic E-state index is 14.2. The number of nitrogens with one attached hydrogen (secondary N) is 1. The van der Waals surface area contributed by atoms with E-state index in [0.29, 0.717) is 12.5 Å². The van der Waals surface area contributed by atoms with Gasteiger partial charge in [-0.3, -0.25) is 4.79 Å². The lowest BCUT2D eigenvalue weighted by molar-refractivity contribution is 0.0557. The van der Waals surface area contributed by atoms with Crippen LogP contribution in [0.5, 0.6) is 5.75 Å². The van der Waals surface area contributed by atoms with Gasteiger partial charge in [-0.1, -0.05) is 12.1 Å². The van der Waals surface area contributed by atoms with Crippen molar-refractivity contribution < 1.29 is 14.3 Å². The summed E-state index contributed by atoms with van der Waals surface area (Å²) in [7, 11) is 1.74. The fourth-order valence-corrected chi connectivity index (χ4v) is 4.88. The molecule has 6 heteroatoms. The molecule has 2 fully saturated rings. The van der Waals surface area contributed by atoms with Gasteiger partial charge in [0.25, 0.3) is 5.91 Å². The number of aromatic nitrogens is 1. The van der Waals surface area contributed by atoms with Crippen molar-refractivity contribution in [2.24, 2.45) is 5.92 Å². The van der Waals surface area contributed by atoms with Gasteiger partial charge < -0.3 is 24.3 Å². The van der Waals surface area contributed by atoms with Crippen LogP contribution in [-0.4, -0.2) is 60.9 Å². The van der Waals surface area contributed by atoms with E-state index in [4.69, 9.17) is 9.47 Å². The molecule has 1 aliphatic heterocycles. The van der Waals surface area contributed by atoms with Crippen LogP contribution < -0.4 is 10.1 Å². The molecule has 1 N–H and O–H groups in total. The number of rotatable bonds is 11. The van der Waals surface area contributed by atoms with Crippen molar-refractivity contribution in [1.82, 2.24) is 14.8 Å². The summed E-state index contributed by atoms with van der Waals surface area (Å²) in [6, 6.07) is 8.66. The van der Waals surface area contributed by atoms with E-state index in [1.165, 1.54) is 12.8 Å². The molecule has 1 aromatic carbocycles. The van der Waals surface area contributed by atoms with E-state index < -0.39 is 0 Å². The minimum absolute atomic E-state index is 0.0995. The first-order valence-corrected chi connectivity index (χ1v) is 12.4. The number of amides is 1. The third kappa shape index (κ3) is 5.12. The first-order valence-electron chi connectivity index (χ1n) is 12.4. The fraction of sp³-hybridized carbons (Fsp3) is 0.654. The van der Waals surface area contributed by atoms with E-state index in [1.807, 2.05) is 6.07 Å². The number of aryl methyl sites for hydroxylation is 1. The maximum Gasteiger partial charge on any atom is 0.274 e. The summed E-state index contributed by atoms with van der Waals surface area (Å²) in [5.41, 5.74) is 1.81. The van der Waals surface area contributed by atoms with Crippen LogP contribution in [0.4, 0.5) is 0 Å². The molecular formula is C26H39N3O3. The van der Waals surface area contributed by atoms with E-state index in [0.717, 1.165) is 74.3 Å². The van der Waals surface area contributed by atoms with E-state index in [9.17, 15) is 4.79 Å². The normalized spacial score (nSPS) is 18.9. The molecule has 1 saturated carbocycles. The molecule has 6 nitrogen and oxygen atoms in total. The van der Waals surface area contributed by atoms with Gasteiger partial charge in [0, 0.05) is 44.3 Å². The minimum Gasteiger partial charge on any atom is -0.490 e. The van der Waals surface area contributed by atoms with Gasteiger partial charge in [-0.2, -0.15) is 0 Å². The molecular weight excluding hydrogens is 402 g/mol. The highest BCUT2D eigenvalue weighted by Gasteiger charge is 2.34. The Balaban J connectivity index is 1.74. The SMILES string of the molecule is COCCCCn1c(C(=O)N(C(C)C)[C@@H]2CCCNC2)c(OCC2CC2)c2ccccc21. The lowest BCUT2D eigenvalue weighted by Crippen LogP contribution is -2.52. The number of methoxy groups -OCH3 is 1. The maximum atomic E-state index is 14.2. The third-order valence-electron chi connectivity index (χ3n) is 6.72. The van der Waals surface area contributed by atoms with Crippen LogP contribution in [0.3, 0.4) is 0 Å². The van der Waals surface area contributed by atoms with Gasteiger partial charge in [-0.25, -0.2) is 0 Å². The molecule has 2 heterocycles. The topological polar surface area (TPSA) is 55.7 Å². The van der Waals surface area contributed by atoms with Crippen molar-refractivity contribution >= 4 is 16.8 Å². The smallest absolute Gasteiger partial charge is 0.274 e. The number of unbranched alkanes of at least 4 members (excludes halogenated alkanes) is 1. The fourth-order valence-electron chi connectivity index (χ4n) is 4.88. The van der Waals surface area contributed by atoms with Crippen LogP contribution >= 0.6 is 0 Å². The number of carbonyl (C=O) groups is 1. The van der Waals surface area contributed by atoms with Gasteiger partial charge in [0.05, 0.1) is 12.1 Å². The minimum atomic E-state index is 0.0995. The first kappa shape index (κ1) is 23.1. The van der Waals surface area contributed by atoms with E-state index in [-0.39, 0.29) is 18.0 Å². The number of ether oxygens (including phenoxy) is 2. The van der Waals surface area contributed by atoms with E-state index in [1.54, 1.807) is 7.11 Å². The molecule has 4 rings (SSSR count). The van der Waals surface area contributed by atoms with Crippen molar-refractivity contribution in [2.75, 3.05) is 33.4 Å². The van der Waals surface area contributed by atoms with Gasteiger partial charge >= 0.3 is 0 Å². The van der Waals surface area contributed by atoms with Gasteiger partial charge in [0.1, 0.15) is 0 Å². The summed E-state index contributed by atoms with van der Waals surface area (Å²) >= 11 is 0. The monoisotopic (exact) mass is 441 g/mol. The molecule has 1 aliphatic carbocycles. The van der Waals surface area contributed by atoms with Gasteiger partial charge in [-0.05, 0) is 77.0 Å². The molecule has 0 unspecified atom stereocenters. The second-order valence-corrected chi connectivity index (χ2v) is 9.61. The highest BCUT2D eigenvalue weighted by Crippen LogP contribution is 2.38. The average molecular weight is 442 g/mol. The number of para-hydroxylation sites is 1. The molecule has 1 atom stereocenters. The summed E-state index contributed by atoms with van der Waals surface area (Å²) in [6.07, 6.45) is 6.53.